The molecule has 0 aliphatic carbocycles. The van der Waals surface area contributed by atoms with E-state index in [1.54, 1.807) is 6.07 Å². The zero-order valence-electron chi connectivity index (χ0n) is 10.5. The second-order valence-corrected chi connectivity index (χ2v) is 3.58. The maximum absolute atomic E-state index is 11.8. The van der Waals surface area contributed by atoms with E-state index >= 15 is 0 Å². The van der Waals surface area contributed by atoms with Gasteiger partial charge in [0.05, 0.1) is 11.1 Å². The van der Waals surface area contributed by atoms with Gasteiger partial charge in [-0.2, -0.15) is 0 Å². The largest absolute Gasteiger partial charge is 0.624 e. The highest BCUT2D eigenvalue weighted by atomic mass is 16.5. The summed E-state index contributed by atoms with van der Waals surface area (Å²) < 4.78 is 5.54. The molecule has 0 aromatic carbocycles. The Labute approximate surface area is 106 Å². The molecule has 0 atom stereocenters. The van der Waals surface area contributed by atoms with Gasteiger partial charge in [-0.25, -0.2) is 4.74 Å². The first-order valence-electron chi connectivity index (χ1n) is 5.68. The quantitative estimate of drug-likeness (QED) is 0.344. The molecule has 0 radical (unpaired) electrons. The zero-order chi connectivity index (χ0) is 13.4. The van der Waals surface area contributed by atoms with Crippen molar-refractivity contribution < 1.29 is 14.3 Å². The van der Waals surface area contributed by atoms with E-state index in [4.69, 9.17) is 4.74 Å². The Morgan fingerprint density at radius 3 is 3.11 bits per heavy atom. The summed E-state index contributed by atoms with van der Waals surface area (Å²) in [6, 6.07) is 1.58. The standard InChI is InChI=1S/C12H17N3O3/c1-3-14-12(16)11-4-5-13-8-10(11)9-15(17)6-7-18-2/h4-5,8-9H,3,6-7H2,1-2H3,(H,14,16)/b15-9-. The van der Waals surface area contributed by atoms with Crippen LogP contribution in [-0.2, 0) is 4.74 Å². The van der Waals surface area contributed by atoms with E-state index in [1.807, 2.05) is 6.92 Å². The molecule has 0 saturated carbocycles. The second-order valence-electron chi connectivity index (χ2n) is 3.58. The van der Waals surface area contributed by atoms with Crippen molar-refractivity contribution in [3.8, 4) is 0 Å². The number of hydrogen-bond donors (Lipinski definition) is 1. The number of methoxy groups -OCH3 is 1. The highest BCUT2D eigenvalue weighted by molar-refractivity contribution is 6.01. The molecule has 1 aromatic heterocycles. The highest BCUT2D eigenvalue weighted by Gasteiger charge is 2.11. The molecule has 0 unspecified atom stereocenters. The predicted molar refractivity (Wildman–Crippen MR) is 67.8 cm³/mol. The fourth-order valence-electron chi connectivity index (χ4n) is 1.37. The van der Waals surface area contributed by atoms with Gasteiger partial charge in [-0.1, -0.05) is 0 Å². The molecule has 0 fully saturated rings. The van der Waals surface area contributed by atoms with Crippen molar-refractivity contribution in [2.45, 2.75) is 6.92 Å². The van der Waals surface area contributed by atoms with Crippen LogP contribution in [0.25, 0.3) is 0 Å². The molecule has 0 saturated heterocycles. The average Bonchev–Trinajstić information content (AvgIpc) is 2.37. The van der Waals surface area contributed by atoms with Gasteiger partial charge in [0, 0.05) is 26.0 Å². The van der Waals surface area contributed by atoms with Crippen molar-refractivity contribution in [2.24, 2.45) is 0 Å². The Kier molecular flexibility index (Phi) is 5.79. The van der Waals surface area contributed by atoms with Crippen molar-refractivity contribution in [3.63, 3.8) is 0 Å². The van der Waals surface area contributed by atoms with E-state index in [2.05, 4.69) is 10.3 Å². The van der Waals surface area contributed by atoms with Gasteiger partial charge < -0.3 is 15.3 Å². The van der Waals surface area contributed by atoms with E-state index in [0.717, 1.165) is 4.74 Å². The molecular weight excluding hydrogens is 234 g/mol. The summed E-state index contributed by atoms with van der Waals surface area (Å²) in [5.74, 6) is -0.216. The van der Waals surface area contributed by atoms with Crippen LogP contribution in [0.3, 0.4) is 0 Å². The minimum Gasteiger partial charge on any atom is -0.624 e. The lowest BCUT2D eigenvalue weighted by molar-refractivity contribution is -0.455. The zero-order valence-corrected chi connectivity index (χ0v) is 10.5. The summed E-state index contributed by atoms with van der Waals surface area (Å²) in [7, 11) is 1.53. The molecule has 0 aliphatic heterocycles. The van der Waals surface area contributed by atoms with Gasteiger partial charge >= 0.3 is 0 Å². The first-order valence-corrected chi connectivity index (χ1v) is 5.68. The van der Waals surface area contributed by atoms with Gasteiger partial charge in [0.15, 0.2) is 12.8 Å². The van der Waals surface area contributed by atoms with E-state index in [-0.39, 0.29) is 12.5 Å². The molecule has 1 N–H and O–H groups in total. The summed E-state index contributed by atoms with van der Waals surface area (Å²) in [6.07, 6.45) is 4.35. The van der Waals surface area contributed by atoms with Crippen LogP contribution >= 0.6 is 0 Å². The van der Waals surface area contributed by atoms with Gasteiger partial charge in [-0.15, -0.1) is 0 Å². The van der Waals surface area contributed by atoms with Crippen LogP contribution in [-0.4, -0.2) is 48.7 Å². The Bertz CT molecular complexity index is 432. The van der Waals surface area contributed by atoms with Crippen LogP contribution in [0.2, 0.25) is 0 Å². The molecule has 1 rings (SSSR count). The first-order chi connectivity index (χ1) is 8.69. The first kappa shape index (κ1) is 14.1. The Morgan fingerprint density at radius 2 is 2.44 bits per heavy atom. The third-order valence-corrected chi connectivity index (χ3v) is 2.23. The van der Waals surface area contributed by atoms with Crippen LogP contribution in [0.15, 0.2) is 18.5 Å². The van der Waals surface area contributed by atoms with Gasteiger partial charge in [0.1, 0.15) is 6.61 Å². The minimum atomic E-state index is -0.216. The number of ether oxygens (including phenoxy) is 1. The molecule has 0 aliphatic rings. The van der Waals surface area contributed by atoms with Crippen molar-refractivity contribution in [2.75, 3.05) is 26.8 Å². The van der Waals surface area contributed by atoms with Crippen molar-refractivity contribution in [3.05, 3.63) is 34.8 Å². The van der Waals surface area contributed by atoms with E-state index < -0.39 is 0 Å². The van der Waals surface area contributed by atoms with Gasteiger partial charge in [-0.3, -0.25) is 9.78 Å². The molecular formula is C12H17N3O3. The Morgan fingerprint density at radius 1 is 1.67 bits per heavy atom. The third-order valence-electron chi connectivity index (χ3n) is 2.23. The van der Waals surface area contributed by atoms with Crippen LogP contribution < -0.4 is 5.32 Å². The van der Waals surface area contributed by atoms with Crippen molar-refractivity contribution in [1.29, 1.82) is 0 Å². The molecule has 1 heterocycles. The Hall–Kier alpha value is -1.95. The molecule has 98 valence electrons. The minimum absolute atomic E-state index is 0.209. The maximum atomic E-state index is 11.8. The third kappa shape index (κ3) is 4.14. The highest BCUT2D eigenvalue weighted by Crippen LogP contribution is 2.04. The number of hydrogen-bond acceptors (Lipinski definition) is 4. The van der Waals surface area contributed by atoms with Crippen LogP contribution in [0.4, 0.5) is 0 Å². The topological polar surface area (TPSA) is 77.3 Å². The number of nitrogens with zero attached hydrogens (tertiary/aromatic N) is 2. The maximum Gasteiger partial charge on any atom is 0.252 e. The SMILES string of the molecule is CCNC(=O)c1ccncc1/C=[N+](\[O-])CCOC. The number of aromatic nitrogens is 1. The fraction of sp³-hybridized carbons (Fsp3) is 0.417. The van der Waals surface area contributed by atoms with Gasteiger partial charge in [0.2, 0.25) is 0 Å². The molecule has 6 nitrogen and oxygen atoms in total. The summed E-state index contributed by atoms with van der Waals surface area (Å²) in [5.41, 5.74) is 0.930. The lowest BCUT2D eigenvalue weighted by atomic mass is 10.1. The lowest BCUT2D eigenvalue weighted by Crippen LogP contribution is -2.24. The summed E-state index contributed by atoms with van der Waals surface area (Å²) in [5, 5.41) is 14.2. The summed E-state index contributed by atoms with van der Waals surface area (Å²) in [6.45, 7) is 2.91. The van der Waals surface area contributed by atoms with E-state index in [0.29, 0.717) is 24.3 Å². The number of hydroxylamine groups is 1. The second kappa shape index (κ2) is 7.39. The molecule has 1 aromatic rings. The Balaban J connectivity index is 2.91. The molecule has 18 heavy (non-hydrogen) atoms. The normalized spacial score (nSPS) is 11.3. The number of amides is 1. The van der Waals surface area contributed by atoms with E-state index in [1.165, 1.54) is 25.7 Å². The van der Waals surface area contributed by atoms with E-state index in [9.17, 15) is 10.0 Å². The number of nitrogens with one attached hydrogen (secondary N) is 1. The summed E-state index contributed by atoms with van der Waals surface area (Å²) >= 11 is 0. The molecule has 0 bridgehead atoms. The number of pyridine rings is 1. The number of carbonyl (C=O) groups is 1. The van der Waals surface area contributed by atoms with Crippen LogP contribution in [0.5, 0.6) is 0 Å². The number of rotatable bonds is 6. The van der Waals surface area contributed by atoms with Crippen molar-refractivity contribution >= 4 is 12.1 Å². The fourth-order valence-corrected chi connectivity index (χ4v) is 1.37. The molecule has 1 amide bonds. The molecule has 0 spiro atoms. The van der Waals surface area contributed by atoms with Crippen LogP contribution in [0.1, 0.15) is 22.8 Å². The van der Waals surface area contributed by atoms with Crippen molar-refractivity contribution in [1.82, 2.24) is 10.3 Å². The monoisotopic (exact) mass is 251 g/mol. The summed E-state index contributed by atoms with van der Waals surface area (Å²) in [4.78, 5) is 15.7. The van der Waals surface area contributed by atoms with Crippen LogP contribution in [0, 0.1) is 5.21 Å². The van der Waals surface area contributed by atoms with Gasteiger partial charge in [0.25, 0.3) is 5.91 Å². The predicted octanol–water partition coefficient (Wildman–Crippen LogP) is 0.407. The van der Waals surface area contributed by atoms with Gasteiger partial charge in [-0.05, 0) is 13.0 Å². The number of carbonyl (C=O) groups excluding carboxylic acids is 1. The smallest absolute Gasteiger partial charge is 0.252 e. The molecule has 6 heteroatoms. The lowest BCUT2D eigenvalue weighted by Gasteiger charge is -2.06. The average molecular weight is 251 g/mol.